The van der Waals surface area contributed by atoms with Gasteiger partial charge in [0.1, 0.15) is 12.4 Å². The fraction of sp³-hybridized carbons (Fsp3) is 0.412. The third-order valence-corrected chi connectivity index (χ3v) is 3.96. The lowest BCUT2D eigenvalue weighted by Gasteiger charge is -2.32. The van der Waals surface area contributed by atoms with Crippen LogP contribution >= 0.6 is 0 Å². The molecule has 2 aliphatic rings. The average Bonchev–Trinajstić information content (AvgIpc) is 3.44. The Bertz CT molecular complexity index is 681. The van der Waals surface area contributed by atoms with Crippen molar-refractivity contribution in [1.29, 1.82) is 0 Å². The van der Waals surface area contributed by atoms with E-state index < -0.39 is 11.9 Å². The van der Waals surface area contributed by atoms with Crippen LogP contribution in [-0.4, -0.2) is 45.5 Å². The van der Waals surface area contributed by atoms with E-state index in [9.17, 15) is 9.59 Å². The first-order chi connectivity index (χ1) is 11.7. The first-order valence-corrected chi connectivity index (χ1v) is 7.76. The van der Waals surface area contributed by atoms with Gasteiger partial charge in [0, 0.05) is 6.04 Å². The van der Waals surface area contributed by atoms with Crippen molar-refractivity contribution in [1.82, 2.24) is 0 Å². The zero-order valence-electron chi connectivity index (χ0n) is 13.7. The third-order valence-electron chi connectivity index (χ3n) is 3.96. The molecule has 0 bridgehead atoms. The number of ether oxygens (including phenoxy) is 3. The zero-order chi connectivity index (χ0) is 17.1. The number of para-hydroxylation sites is 2. The Morgan fingerprint density at radius 3 is 2.54 bits per heavy atom. The van der Waals surface area contributed by atoms with Crippen molar-refractivity contribution in [3.05, 3.63) is 35.5 Å². The Hall–Kier alpha value is -2.54. The second-order valence-electron chi connectivity index (χ2n) is 5.65. The number of nitrogens with zero attached hydrogens (tertiary/aromatic N) is 1. The number of methoxy groups -OCH3 is 2. The van der Waals surface area contributed by atoms with Crippen molar-refractivity contribution >= 4 is 23.3 Å². The van der Waals surface area contributed by atoms with Gasteiger partial charge in [0.25, 0.3) is 0 Å². The lowest BCUT2D eigenvalue weighted by atomic mass is 10.1. The molecule has 0 atom stereocenters. The van der Waals surface area contributed by atoms with Crippen LogP contribution in [-0.2, 0) is 23.8 Å². The van der Waals surface area contributed by atoms with E-state index in [4.69, 9.17) is 14.2 Å². The fourth-order valence-corrected chi connectivity index (χ4v) is 2.61. The number of benzene rings is 1. The number of rotatable bonds is 5. The molecule has 1 heterocycles. The van der Waals surface area contributed by atoms with Gasteiger partial charge in [-0.2, -0.15) is 0 Å². The standard InChI is InChI=1S/C17H20N2O5/c1-22-16(20)12-9-24-10-19(15(12)17(21)23-2)14-6-4-3-5-13(14)18-11-7-8-11/h3-6,11,18H,7-10H2,1-2H3. The summed E-state index contributed by atoms with van der Waals surface area (Å²) in [7, 11) is 2.55. The van der Waals surface area contributed by atoms with Gasteiger partial charge < -0.3 is 24.4 Å². The molecule has 1 aliphatic heterocycles. The van der Waals surface area contributed by atoms with E-state index in [-0.39, 0.29) is 24.6 Å². The van der Waals surface area contributed by atoms with Crippen LogP contribution < -0.4 is 10.2 Å². The summed E-state index contributed by atoms with van der Waals surface area (Å²) in [6.45, 7) is 0.153. The maximum absolute atomic E-state index is 12.3. The van der Waals surface area contributed by atoms with Crippen molar-refractivity contribution in [3.63, 3.8) is 0 Å². The van der Waals surface area contributed by atoms with E-state index in [1.807, 2.05) is 24.3 Å². The molecular formula is C17H20N2O5. The molecule has 1 aromatic carbocycles. The Kier molecular flexibility index (Phi) is 4.71. The van der Waals surface area contributed by atoms with Crippen LogP contribution in [0.1, 0.15) is 12.8 Å². The third kappa shape index (κ3) is 3.21. The van der Waals surface area contributed by atoms with E-state index >= 15 is 0 Å². The van der Waals surface area contributed by atoms with Crippen LogP contribution in [0, 0.1) is 0 Å². The molecule has 1 fully saturated rings. The molecule has 128 valence electrons. The lowest BCUT2D eigenvalue weighted by Crippen LogP contribution is -2.39. The number of hydrogen-bond acceptors (Lipinski definition) is 7. The van der Waals surface area contributed by atoms with Crippen molar-refractivity contribution in [2.24, 2.45) is 0 Å². The zero-order valence-corrected chi connectivity index (χ0v) is 13.7. The first kappa shape index (κ1) is 16.3. The minimum Gasteiger partial charge on any atom is -0.466 e. The van der Waals surface area contributed by atoms with Gasteiger partial charge in [-0.1, -0.05) is 12.1 Å². The summed E-state index contributed by atoms with van der Waals surface area (Å²) < 4.78 is 15.2. The number of carbonyl (C=O) groups excluding carboxylic acids is 2. The smallest absolute Gasteiger partial charge is 0.355 e. The van der Waals surface area contributed by atoms with Gasteiger partial charge in [0.05, 0.1) is 37.8 Å². The molecule has 0 spiro atoms. The Labute approximate surface area is 140 Å². The molecule has 0 unspecified atom stereocenters. The Morgan fingerprint density at radius 2 is 1.88 bits per heavy atom. The minimum absolute atomic E-state index is 0.00578. The topological polar surface area (TPSA) is 77.1 Å². The molecule has 1 aliphatic carbocycles. The van der Waals surface area contributed by atoms with E-state index in [1.165, 1.54) is 14.2 Å². The number of esters is 2. The molecule has 1 N–H and O–H groups in total. The van der Waals surface area contributed by atoms with Crippen LogP contribution in [0.2, 0.25) is 0 Å². The number of anilines is 2. The van der Waals surface area contributed by atoms with Gasteiger partial charge >= 0.3 is 11.9 Å². The highest BCUT2D eigenvalue weighted by atomic mass is 16.5. The lowest BCUT2D eigenvalue weighted by molar-refractivity contribution is -0.140. The second-order valence-corrected chi connectivity index (χ2v) is 5.65. The van der Waals surface area contributed by atoms with Gasteiger partial charge in [-0.3, -0.25) is 0 Å². The van der Waals surface area contributed by atoms with E-state index in [0.717, 1.165) is 24.2 Å². The van der Waals surface area contributed by atoms with E-state index in [2.05, 4.69) is 5.32 Å². The van der Waals surface area contributed by atoms with Gasteiger partial charge in [0.15, 0.2) is 0 Å². The summed E-state index contributed by atoms with van der Waals surface area (Å²) in [6.07, 6.45) is 2.25. The van der Waals surface area contributed by atoms with E-state index in [0.29, 0.717) is 6.04 Å². The van der Waals surface area contributed by atoms with Gasteiger partial charge in [0.2, 0.25) is 0 Å². The SMILES string of the molecule is COC(=O)C1=C(C(=O)OC)N(c2ccccc2NC2CC2)COC1. The van der Waals surface area contributed by atoms with Crippen molar-refractivity contribution in [2.75, 3.05) is 37.8 Å². The average molecular weight is 332 g/mol. The highest BCUT2D eigenvalue weighted by Crippen LogP contribution is 2.35. The summed E-state index contributed by atoms with van der Waals surface area (Å²) in [5.74, 6) is -1.20. The fourth-order valence-electron chi connectivity index (χ4n) is 2.61. The molecule has 7 heteroatoms. The molecule has 0 aromatic heterocycles. The van der Waals surface area contributed by atoms with Crippen LogP contribution in [0.5, 0.6) is 0 Å². The van der Waals surface area contributed by atoms with Crippen LogP contribution in [0.4, 0.5) is 11.4 Å². The summed E-state index contributed by atoms with van der Waals surface area (Å²) in [4.78, 5) is 26.0. The predicted octanol–water partition coefficient (Wildman–Crippen LogP) is 1.66. The quantitative estimate of drug-likeness (QED) is 0.822. The van der Waals surface area contributed by atoms with Crippen molar-refractivity contribution in [3.8, 4) is 0 Å². The number of hydrogen-bond donors (Lipinski definition) is 1. The summed E-state index contributed by atoms with van der Waals surface area (Å²) in [5.41, 5.74) is 1.94. The molecule has 1 saturated carbocycles. The molecule has 24 heavy (non-hydrogen) atoms. The van der Waals surface area contributed by atoms with Crippen molar-refractivity contribution < 1.29 is 23.8 Å². The minimum atomic E-state index is -0.604. The molecule has 0 saturated heterocycles. The molecule has 0 amide bonds. The van der Waals surface area contributed by atoms with Gasteiger partial charge in [-0.25, -0.2) is 9.59 Å². The maximum Gasteiger partial charge on any atom is 0.355 e. The maximum atomic E-state index is 12.3. The van der Waals surface area contributed by atoms with Crippen LogP contribution in [0.3, 0.4) is 0 Å². The highest BCUT2D eigenvalue weighted by molar-refractivity contribution is 6.04. The summed E-state index contributed by atoms with van der Waals surface area (Å²) in [5, 5.41) is 3.43. The van der Waals surface area contributed by atoms with Gasteiger partial charge in [-0.05, 0) is 25.0 Å². The van der Waals surface area contributed by atoms with Crippen molar-refractivity contribution in [2.45, 2.75) is 18.9 Å². The normalized spacial score (nSPS) is 17.5. The molecular weight excluding hydrogens is 312 g/mol. The van der Waals surface area contributed by atoms with Crippen LogP contribution in [0.25, 0.3) is 0 Å². The highest BCUT2D eigenvalue weighted by Gasteiger charge is 2.33. The second kappa shape index (κ2) is 6.92. The van der Waals surface area contributed by atoms with Gasteiger partial charge in [-0.15, -0.1) is 0 Å². The molecule has 7 nitrogen and oxygen atoms in total. The number of nitrogens with one attached hydrogen (secondary N) is 1. The molecule has 0 radical (unpaired) electrons. The summed E-state index contributed by atoms with van der Waals surface area (Å²) >= 11 is 0. The monoisotopic (exact) mass is 332 g/mol. The first-order valence-electron chi connectivity index (χ1n) is 7.76. The summed E-state index contributed by atoms with van der Waals surface area (Å²) in [6, 6.07) is 8.05. The molecule has 1 aromatic rings. The molecule has 3 rings (SSSR count). The number of carbonyl (C=O) groups is 2. The van der Waals surface area contributed by atoms with E-state index in [1.54, 1.807) is 4.90 Å². The largest absolute Gasteiger partial charge is 0.466 e. The Morgan fingerprint density at radius 1 is 1.17 bits per heavy atom. The predicted molar refractivity (Wildman–Crippen MR) is 87.4 cm³/mol. The van der Waals surface area contributed by atoms with Crippen LogP contribution in [0.15, 0.2) is 35.5 Å². The Balaban J connectivity index is 2.04.